The van der Waals surface area contributed by atoms with Gasteiger partial charge in [-0.1, -0.05) is 13.0 Å². The first kappa shape index (κ1) is 16.1. The molecule has 0 aliphatic heterocycles. The largest absolute Gasteiger partial charge is 0.433 e. The van der Waals surface area contributed by atoms with Crippen LogP contribution >= 0.6 is 0 Å². The first-order valence-electron chi connectivity index (χ1n) is 7.32. The van der Waals surface area contributed by atoms with Crippen LogP contribution in [-0.2, 0) is 19.6 Å². The van der Waals surface area contributed by atoms with Crippen LogP contribution in [0.25, 0.3) is 10.9 Å². The number of halogens is 3. The Bertz CT molecular complexity index is 908. The summed E-state index contributed by atoms with van der Waals surface area (Å²) in [5, 5.41) is 6.97. The summed E-state index contributed by atoms with van der Waals surface area (Å²) in [5.74, 6) is -0.151. The summed E-state index contributed by atoms with van der Waals surface area (Å²) >= 11 is 0. The fourth-order valence-electron chi connectivity index (χ4n) is 2.55. The topological polar surface area (TPSA) is 51.9 Å². The van der Waals surface area contributed by atoms with Crippen LogP contribution in [0.4, 0.5) is 23.8 Å². The van der Waals surface area contributed by atoms with Gasteiger partial charge in [0, 0.05) is 24.7 Å². The van der Waals surface area contributed by atoms with E-state index in [1.54, 1.807) is 12.3 Å². The van der Waals surface area contributed by atoms with Gasteiger partial charge in [-0.05, 0) is 30.2 Å². The maximum Gasteiger partial charge on any atom is 0.433 e. The van der Waals surface area contributed by atoms with Gasteiger partial charge in [-0.15, -0.1) is 0 Å². The van der Waals surface area contributed by atoms with Crippen LogP contribution in [0.3, 0.4) is 0 Å². The van der Waals surface area contributed by atoms with Crippen molar-refractivity contribution in [3.63, 3.8) is 0 Å². The molecule has 1 N–H and O–H groups in total. The molecule has 5 nitrogen and oxygen atoms in total. The molecule has 3 rings (SSSR count). The Kier molecular flexibility index (Phi) is 3.82. The number of alkyl halides is 3. The Morgan fingerprint density at radius 1 is 1.25 bits per heavy atom. The molecule has 2 aromatic heterocycles. The Labute approximate surface area is 135 Å². The van der Waals surface area contributed by atoms with E-state index in [9.17, 15) is 18.0 Å². The van der Waals surface area contributed by atoms with Crippen LogP contribution in [0.2, 0.25) is 0 Å². The fraction of sp³-hybridized carbons (Fsp3) is 0.250. The quantitative estimate of drug-likeness (QED) is 0.768. The highest BCUT2D eigenvalue weighted by molar-refractivity contribution is 5.98. The normalized spacial score (nSPS) is 11.9. The molecule has 0 aliphatic carbocycles. The number of nitrogens with one attached hydrogen (secondary N) is 1. The number of aromatic nitrogens is 3. The molecule has 1 aromatic carbocycles. The molecule has 0 saturated heterocycles. The first-order valence-corrected chi connectivity index (χ1v) is 7.32. The van der Waals surface area contributed by atoms with Crippen molar-refractivity contribution in [2.24, 2.45) is 7.05 Å². The van der Waals surface area contributed by atoms with Crippen LogP contribution < -0.4 is 5.32 Å². The summed E-state index contributed by atoms with van der Waals surface area (Å²) in [6.45, 7) is 2.03. The van der Waals surface area contributed by atoms with E-state index in [-0.39, 0.29) is 5.82 Å². The number of benzene rings is 1. The third-order valence-corrected chi connectivity index (χ3v) is 3.79. The minimum atomic E-state index is -4.53. The van der Waals surface area contributed by atoms with Gasteiger partial charge in [0.2, 0.25) is 0 Å². The molecule has 0 spiro atoms. The number of rotatable bonds is 2. The molecule has 24 heavy (non-hydrogen) atoms. The smallest absolute Gasteiger partial charge is 0.290 e. The van der Waals surface area contributed by atoms with E-state index in [0.29, 0.717) is 10.2 Å². The van der Waals surface area contributed by atoms with Gasteiger partial charge in [-0.3, -0.25) is 14.6 Å². The van der Waals surface area contributed by atoms with E-state index in [2.05, 4.69) is 10.4 Å². The van der Waals surface area contributed by atoms with Crippen molar-refractivity contribution in [2.75, 3.05) is 5.32 Å². The number of anilines is 1. The highest BCUT2D eigenvalue weighted by Gasteiger charge is 2.35. The van der Waals surface area contributed by atoms with E-state index in [1.807, 2.05) is 25.1 Å². The number of aryl methyl sites for hydroxylation is 2. The van der Waals surface area contributed by atoms with E-state index in [1.165, 1.54) is 11.6 Å². The van der Waals surface area contributed by atoms with Crippen LogP contribution in [0, 0.1) is 0 Å². The molecular formula is C16H15F3N4O. The van der Waals surface area contributed by atoms with E-state index in [0.717, 1.165) is 23.4 Å². The molecule has 0 saturated carbocycles. The zero-order valence-corrected chi connectivity index (χ0v) is 13.1. The van der Waals surface area contributed by atoms with Gasteiger partial charge in [0.15, 0.2) is 5.82 Å². The fourth-order valence-corrected chi connectivity index (χ4v) is 2.55. The van der Waals surface area contributed by atoms with Crippen molar-refractivity contribution < 1.29 is 18.0 Å². The lowest BCUT2D eigenvalue weighted by Gasteiger charge is -2.05. The maximum atomic E-state index is 12.8. The van der Waals surface area contributed by atoms with Gasteiger partial charge in [0.25, 0.3) is 0 Å². The molecule has 3 aromatic rings. The number of hydrogen-bond acceptors (Lipinski definition) is 2. The molecule has 0 aliphatic rings. The van der Waals surface area contributed by atoms with Crippen LogP contribution in [-0.4, -0.2) is 20.4 Å². The van der Waals surface area contributed by atoms with Gasteiger partial charge in [0.05, 0.1) is 5.52 Å². The second kappa shape index (κ2) is 5.70. The highest BCUT2D eigenvalue weighted by atomic mass is 19.4. The van der Waals surface area contributed by atoms with Crippen LogP contribution in [0.5, 0.6) is 0 Å². The predicted molar refractivity (Wildman–Crippen MR) is 83.9 cm³/mol. The van der Waals surface area contributed by atoms with E-state index in [4.69, 9.17) is 0 Å². The van der Waals surface area contributed by atoms with Crippen molar-refractivity contribution in [1.29, 1.82) is 0 Å². The molecule has 0 radical (unpaired) electrons. The summed E-state index contributed by atoms with van der Waals surface area (Å²) < 4.78 is 40.4. The molecule has 0 unspecified atom stereocenters. The average Bonchev–Trinajstić information content (AvgIpc) is 3.09. The maximum absolute atomic E-state index is 12.8. The zero-order valence-electron chi connectivity index (χ0n) is 13.1. The van der Waals surface area contributed by atoms with Gasteiger partial charge in [-0.25, -0.2) is 4.79 Å². The minimum absolute atomic E-state index is 0.151. The molecule has 0 atom stereocenters. The molecule has 1 amide bonds. The number of carbonyl (C=O) groups is 1. The Hall–Kier alpha value is -2.77. The van der Waals surface area contributed by atoms with Crippen molar-refractivity contribution in [1.82, 2.24) is 14.3 Å². The molecule has 0 bridgehead atoms. The Balaban J connectivity index is 1.88. The molecular weight excluding hydrogens is 321 g/mol. The molecule has 8 heteroatoms. The first-order chi connectivity index (χ1) is 11.3. The third kappa shape index (κ3) is 2.86. The van der Waals surface area contributed by atoms with Crippen molar-refractivity contribution in [2.45, 2.75) is 19.5 Å². The second-order valence-corrected chi connectivity index (χ2v) is 5.40. The number of nitrogens with zero attached hydrogens (tertiary/aromatic N) is 3. The highest BCUT2D eigenvalue weighted by Crippen LogP contribution is 2.30. The molecule has 126 valence electrons. The van der Waals surface area contributed by atoms with Gasteiger partial charge in [-0.2, -0.15) is 18.3 Å². The lowest BCUT2D eigenvalue weighted by molar-refractivity contribution is -0.143. The lowest BCUT2D eigenvalue weighted by Crippen LogP contribution is -2.18. The predicted octanol–water partition coefficient (Wildman–Crippen LogP) is 4.04. The standard InChI is InChI=1S/C16H15F3N4O/c1-3-10-4-5-12-11(8-10)6-7-23(12)15(24)20-14-9-13(16(17,18)19)22(2)21-14/h4-9H,3H2,1-2H3,(H,20,21,24). The monoisotopic (exact) mass is 336 g/mol. The SMILES string of the molecule is CCc1ccc2c(ccn2C(=O)Nc2cc(C(F)(F)F)n(C)n2)c1. The van der Waals surface area contributed by atoms with Crippen LogP contribution in [0.15, 0.2) is 36.5 Å². The number of fused-ring (bicyclic) bond motifs is 1. The van der Waals surface area contributed by atoms with Gasteiger partial charge < -0.3 is 0 Å². The van der Waals surface area contributed by atoms with Gasteiger partial charge in [0.1, 0.15) is 5.69 Å². The van der Waals surface area contributed by atoms with Crippen molar-refractivity contribution in [3.8, 4) is 0 Å². The molecule has 2 heterocycles. The number of hydrogen-bond donors (Lipinski definition) is 1. The minimum Gasteiger partial charge on any atom is -0.290 e. The number of carbonyl (C=O) groups excluding carboxylic acids is 1. The third-order valence-electron chi connectivity index (χ3n) is 3.79. The lowest BCUT2D eigenvalue weighted by atomic mass is 10.1. The Morgan fingerprint density at radius 3 is 2.62 bits per heavy atom. The van der Waals surface area contributed by atoms with Crippen molar-refractivity contribution in [3.05, 3.63) is 47.8 Å². The zero-order chi connectivity index (χ0) is 17.5. The second-order valence-electron chi connectivity index (χ2n) is 5.40. The summed E-state index contributed by atoms with van der Waals surface area (Å²) in [6.07, 6.45) is -2.07. The van der Waals surface area contributed by atoms with E-state index < -0.39 is 17.9 Å². The van der Waals surface area contributed by atoms with E-state index >= 15 is 0 Å². The summed E-state index contributed by atoms with van der Waals surface area (Å²) in [6, 6.07) is 7.72. The molecule has 0 fully saturated rings. The summed E-state index contributed by atoms with van der Waals surface area (Å²) in [4.78, 5) is 12.3. The Morgan fingerprint density at radius 2 is 2.00 bits per heavy atom. The summed E-state index contributed by atoms with van der Waals surface area (Å²) in [7, 11) is 1.18. The van der Waals surface area contributed by atoms with Crippen molar-refractivity contribution >= 4 is 22.8 Å². The summed E-state index contributed by atoms with van der Waals surface area (Å²) in [5.41, 5.74) is 0.889. The number of amides is 1. The van der Waals surface area contributed by atoms with Crippen LogP contribution in [0.1, 0.15) is 18.2 Å². The average molecular weight is 336 g/mol. The van der Waals surface area contributed by atoms with Gasteiger partial charge >= 0.3 is 12.2 Å².